The molecule has 0 saturated heterocycles. The quantitative estimate of drug-likeness (QED) is 0.172. The summed E-state index contributed by atoms with van der Waals surface area (Å²) in [6, 6.07) is 72.8. The molecule has 0 saturated carbocycles. The molecule has 0 spiro atoms. The summed E-state index contributed by atoms with van der Waals surface area (Å²) < 4.78 is 5.10. The molecule has 0 amide bonds. The molecule has 294 valence electrons. The summed E-state index contributed by atoms with van der Waals surface area (Å²) in [5.74, 6) is 0. The fourth-order valence-corrected chi connectivity index (χ4v) is 12.1. The van der Waals surface area contributed by atoms with Crippen LogP contribution in [0.2, 0.25) is 0 Å². The van der Waals surface area contributed by atoms with Crippen LogP contribution < -0.4 is 4.90 Å². The minimum absolute atomic E-state index is 1.07. The van der Waals surface area contributed by atoms with Crippen molar-refractivity contribution in [3.05, 3.63) is 234 Å². The molecule has 14 rings (SSSR count). The first-order valence-electron chi connectivity index (χ1n) is 22.0. The summed E-state index contributed by atoms with van der Waals surface area (Å²) in [7, 11) is 0. The van der Waals surface area contributed by atoms with Gasteiger partial charge in [0.1, 0.15) is 0 Å². The number of rotatable bonds is 4. The third kappa shape index (κ3) is 5.06. The number of hydrogen-bond donors (Lipinski definition) is 0. The van der Waals surface area contributed by atoms with Gasteiger partial charge in [0.25, 0.3) is 0 Å². The zero-order valence-corrected chi connectivity index (χ0v) is 35.2. The zero-order chi connectivity index (χ0) is 41.2. The SMILES string of the molecule is C1=Cc2c(cccc2-n2c3ccccc3c3cc(N(c4ccc5c(c4)C(=C4c6ccccc6-c6ccccc64)c4ccccc4-5)c4ccc5sc6ccccc6c5c4)ccc32)CC1. The van der Waals surface area contributed by atoms with E-state index in [-0.39, 0.29) is 0 Å². The van der Waals surface area contributed by atoms with Crippen LogP contribution in [0.3, 0.4) is 0 Å². The largest absolute Gasteiger partial charge is 0.310 e. The van der Waals surface area contributed by atoms with Crippen LogP contribution in [0.4, 0.5) is 17.1 Å². The predicted molar refractivity (Wildman–Crippen MR) is 268 cm³/mol. The van der Waals surface area contributed by atoms with E-state index in [1.54, 1.807) is 0 Å². The standard InChI is InChI=1S/C60H38N2S/c1-2-16-41-37(14-1)15-13-26-54(41)62-55-25-11-9-20-46(55)51-34-39(29-32-56(51)62)61(40-30-33-58-52(35-40)47-21-10-12-27-57(47)63-58)38-28-31-45-44-19-5-8-24-50(44)60(53(45)36-38)59-48-22-6-3-17-42(48)43-18-4-7-23-49(43)59/h2-13,15-36H,1,14H2. The van der Waals surface area contributed by atoms with Crippen molar-refractivity contribution in [2.45, 2.75) is 12.8 Å². The van der Waals surface area contributed by atoms with Gasteiger partial charge in [-0.2, -0.15) is 0 Å². The van der Waals surface area contributed by atoms with Gasteiger partial charge in [0.15, 0.2) is 0 Å². The Bertz CT molecular complexity index is 3770. The average Bonchev–Trinajstić information content (AvgIpc) is 4.07. The lowest BCUT2D eigenvalue weighted by molar-refractivity contribution is 0.977. The lowest BCUT2D eigenvalue weighted by Crippen LogP contribution is -2.10. The molecule has 0 radical (unpaired) electrons. The Morgan fingerprint density at radius 2 is 0.952 bits per heavy atom. The zero-order valence-electron chi connectivity index (χ0n) is 34.3. The van der Waals surface area contributed by atoms with E-state index in [1.165, 1.54) is 114 Å². The Labute approximate surface area is 369 Å². The first-order valence-corrected chi connectivity index (χ1v) is 22.8. The summed E-state index contributed by atoms with van der Waals surface area (Å²) in [6.45, 7) is 0. The third-order valence-electron chi connectivity index (χ3n) is 13.8. The molecule has 2 nitrogen and oxygen atoms in total. The van der Waals surface area contributed by atoms with Gasteiger partial charge in [-0.1, -0.05) is 140 Å². The van der Waals surface area contributed by atoms with E-state index in [2.05, 4.69) is 216 Å². The van der Waals surface area contributed by atoms with Crippen LogP contribution in [0.1, 0.15) is 39.8 Å². The maximum Gasteiger partial charge on any atom is 0.0542 e. The molecule has 9 aromatic carbocycles. The van der Waals surface area contributed by atoms with E-state index in [9.17, 15) is 0 Å². The molecule has 11 aromatic rings. The Morgan fingerprint density at radius 3 is 1.71 bits per heavy atom. The van der Waals surface area contributed by atoms with Crippen molar-refractivity contribution < 1.29 is 0 Å². The minimum atomic E-state index is 1.07. The van der Waals surface area contributed by atoms with Crippen LogP contribution in [-0.2, 0) is 6.42 Å². The molecular formula is C60H38N2S. The molecule has 0 N–H and O–H groups in total. The second-order valence-electron chi connectivity index (χ2n) is 17.1. The average molecular weight is 819 g/mol. The van der Waals surface area contributed by atoms with Crippen LogP contribution in [-0.4, -0.2) is 4.57 Å². The molecule has 3 aliphatic carbocycles. The molecule has 0 atom stereocenters. The number of fused-ring (bicyclic) bond motifs is 13. The maximum atomic E-state index is 2.49. The molecule has 0 fully saturated rings. The second kappa shape index (κ2) is 13.4. The van der Waals surface area contributed by atoms with E-state index in [4.69, 9.17) is 0 Å². The number of allylic oxidation sites excluding steroid dienone is 1. The Morgan fingerprint density at radius 1 is 0.397 bits per heavy atom. The topological polar surface area (TPSA) is 8.17 Å². The molecule has 3 aliphatic rings. The van der Waals surface area contributed by atoms with E-state index in [1.807, 2.05) is 11.3 Å². The summed E-state index contributed by atoms with van der Waals surface area (Å²) in [5, 5.41) is 5.07. The summed E-state index contributed by atoms with van der Waals surface area (Å²) >= 11 is 1.87. The lowest BCUT2D eigenvalue weighted by Gasteiger charge is -2.27. The van der Waals surface area contributed by atoms with Crippen molar-refractivity contribution in [1.29, 1.82) is 0 Å². The Balaban J connectivity index is 1.03. The highest BCUT2D eigenvalue weighted by molar-refractivity contribution is 7.25. The number of aryl methyl sites for hydroxylation is 1. The van der Waals surface area contributed by atoms with Gasteiger partial charge >= 0.3 is 0 Å². The van der Waals surface area contributed by atoms with Crippen molar-refractivity contribution in [2.75, 3.05) is 4.90 Å². The number of thiophene rings is 1. The number of nitrogens with zero attached hydrogens (tertiary/aromatic N) is 2. The highest BCUT2D eigenvalue weighted by Crippen LogP contribution is 2.55. The van der Waals surface area contributed by atoms with Gasteiger partial charge in [0.05, 0.1) is 16.7 Å². The van der Waals surface area contributed by atoms with E-state index < -0.39 is 0 Å². The summed E-state index contributed by atoms with van der Waals surface area (Å²) in [4.78, 5) is 2.49. The predicted octanol–water partition coefficient (Wildman–Crippen LogP) is 16.5. The van der Waals surface area contributed by atoms with Crippen molar-refractivity contribution >= 4 is 87.6 Å². The fraction of sp³-hybridized carbons (Fsp3) is 0.0333. The first-order chi connectivity index (χ1) is 31.3. The van der Waals surface area contributed by atoms with Gasteiger partial charge in [-0.05, 0) is 141 Å². The van der Waals surface area contributed by atoms with Crippen molar-refractivity contribution in [3.8, 4) is 27.9 Å². The van der Waals surface area contributed by atoms with E-state index in [0.29, 0.717) is 0 Å². The monoisotopic (exact) mass is 818 g/mol. The summed E-state index contributed by atoms with van der Waals surface area (Å²) in [6.07, 6.45) is 6.81. The molecule has 0 bridgehead atoms. The van der Waals surface area contributed by atoms with Gasteiger partial charge in [-0.3, -0.25) is 0 Å². The van der Waals surface area contributed by atoms with Gasteiger partial charge in [0.2, 0.25) is 0 Å². The van der Waals surface area contributed by atoms with E-state index >= 15 is 0 Å². The Hall–Kier alpha value is -7.72. The second-order valence-corrected chi connectivity index (χ2v) is 18.2. The van der Waals surface area contributed by atoms with Crippen LogP contribution in [0.15, 0.2) is 200 Å². The normalized spacial score (nSPS) is 13.5. The smallest absolute Gasteiger partial charge is 0.0542 e. The highest BCUT2D eigenvalue weighted by Gasteiger charge is 2.33. The van der Waals surface area contributed by atoms with Crippen LogP contribution >= 0.6 is 11.3 Å². The third-order valence-corrected chi connectivity index (χ3v) is 14.9. The van der Waals surface area contributed by atoms with E-state index in [0.717, 1.165) is 29.9 Å². The van der Waals surface area contributed by atoms with Crippen LogP contribution in [0.25, 0.3) is 87.1 Å². The van der Waals surface area contributed by atoms with Gasteiger partial charge in [-0.15, -0.1) is 11.3 Å². The summed E-state index contributed by atoms with van der Waals surface area (Å²) in [5.41, 5.74) is 22.7. The fourth-order valence-electron chi connectivity index (χ4n) is 11.1. The Kier molecular flexibility index (Phi) is 7.42. The molecule has 2 aromatic heterocycles. The highest BCUT2D eigenvalue weighted by atomic mass is 32.1. The number of para-hydroxylation sites is 1. The van der Waals surface area contributed by atoms with Gasteiger partial charge in [0, 0.05) is 53.6 Å². The minimum Gasteiger partial charge on any atom is -0.310 e. The lowest BCUT2D eigenvalue weighted by atomic mass is 9.91. The van der Waals surface area contributed by atoms with Crippen molar-refractivity contribution in [3.63, 3.8) is 0 Å². The molecular weight excluding hydrogens is 781 g/mol. The van der Waals surface area contributed by atoms with Gasteiger partial charge in [-0.25, -0.2) is 0 Å². The number of anilines is 3. The van der Waals surface area contributed by atoms with Crippen LogP contribution in [0, 0.1) is 0 Å². The number of benzene rings is 9. The maximum absolute atomic E-state index is 2.49. The molecule has 0 unspecified atom stereocenters. The number of aromatic nitrogens is 1. The van der Waals surface area contributed by atoms with Gasteiger partial charge < -0.3 is 9.47 Å². The molecule has 3 heteroatoms. The molecule has 63 heavy (non-hydrogen) atoms. The first kappa shape index (κ1) is 34.9. The van der Waals surface area contributed by atoms with Crippen molar-refractivity contribution in [1.82, 2.24) is 4.57 Å². The van der Waals surface area contributed by atoms with Crippen molar-refractivity contribution in [2.24, 2.45) is 0 Å². The molecule has 2 heterocycles. The number of hydrogen-bond acceptors (Lipinski definition) is 2. The van der Waals surface area contributed by atoms with Crippen LogP contribution in [0.5, 0.6) is 0 Å². The molecule has 0 aliphatic heterocycles.